The molecule has 0 saturated carbocycles. The molecule has 0 aliphatic carbocycles. The van der Waals surface area contributed by atoms with Gasteiger partial charge >= 0.3 is 0 Å². The fraction of sp³-hybridized carbons (Fsp3) is 0.500. The van der Waals surface area contributed by atoms with Crippen LogP contribution in [0.4, 0.5) is 5.69 Å². The van der Waals surface area contributed by atoms with E-state index in [-0.39, 0.29) is 11.9 Å². The molecule has 1 atom stereocenters. The summed E-state index contributed by atoms with van der Waals surface area (Å²) in [5.41, 5.74) is 6.16. The second-order valence-electron chi connectivity index (χ2n) is 3.24. The zero-order chi connectivity index (χ0) is 11.3. The van der Waals surface area contributed by atoms with Crippen molar-refractivity contribution in [2.24, 2.45) is 0 Å². The zero-order valence-corrected chi connectivity index (χ0v) is 9.76. The molecule has 1 aromatic rings. The maximum atomic E-state index is 11.7. The first-order chi connectivity index (χ1) is 7.15. The summed E-state index contributed by atoms with van der Waals surface area (Å²) in [6, 6.07) is 1.73. The Morgan fingerprint density at radius 2 is 2.47 bits per heavy atom. The Labute approximate surface area is 93.4 Å². The predicted molar refractivity (Wildman–Crippen MR) is 62.2 cm³/mol. The van der Waals surface area contributed by atoms with Crippen LogP contribution >= 0.6 is 11.3 Å². The molecule has 1 aromatic heterocycles. The molecule has 1 unspecified atom stereocenters. The van der Waals surface area contributed by atoms with Crippen LogP contribution in [-0.4, -0.2) is 25.2 Å². The second-order valence-corrected chi connectivity index (χ2v) is 4.16. The molecule has 0 aromatic carbocycles. The van der Waals surface area contributed by atoms with Gasteiger partial charge in [-0.3, -0.25) is 4.79 Å². The van der Waals surface area contributed by atoms with Crippen molar-refractivity contribution >= 4 is 22.9 Å². The Kier molecular flexibility index (Phi) is 4.58. The Morgan fingerprint density at radius 1 is 1.73 bits per heavy atom. The first-order valence-corrected chi connectivity index (χ1v) is 5.74. The van der Waals surface area contributed by atoms with Gasteiger partial charge in [0.2, 0.25) is 0 Å². The third kappa shape index (κ3) is 3.53. The van der Waals surface area contributed by atoms with E-state index >= 15 is 0 Å². The van der Waals surface area contributed by atoms with E-state index in [1.165, 1.54) is 11.3 Å². The highest BCUT2D eigenvalue weighted by Gasteiger charge is 2.13. The van der Waals surface area contributed by atoms with Crippen molar-refractivity contribution in [2.45, 2.75) is 19.9 Å². The van der Waals surface area contributed by atoms with Crippen molar-refractivity contribution in [1.82, 2.24) is 5.32 Å². The van der Waals surface area contributed by atoms with Crippen LogP contribution in [0.15, 0.2) is 11.4 Å². The van der Waals surface area contributed by atoms with E-state index in [9.17, 15) is 4.79 Å². The number of carbonyl (C=O) groups is 1. The summed E-state index contributed by atoms with van der Waals surface area (Å²) in [5.74, 6) is -0.130. The van der Waals surface area contributed by atoms with Crippen LogP contribution in [0.3, 0.4) is 0 Å². The molecular formula is C10H16N2O2S. The quantitative estimate of drug-likeness (QED) is 0.802. The minimum atomic E-state index is -0.130. The molecular weight excluding hydrogens is 212 g/mol. The van der Waals surface area contributed by atoms with Crippen LogP contribution in [0.5, 0.6) is 0 Å². The number of ether oxygens (including phenoxy) is 1. The lowest BCUT2D eigenvalue weighted by molar-refractivity contribution is 0.0876. The van der Waals surface area contributed by atoms with Crippen molar-refractivity contribution in [3.63, 3.8) is 0 Å². The highest BCUT2D eigenvalue weighted by Crippen LogP contribution is 2.18. The van der Waals surface area contributed by atoms with E-state index in [0.717, 1.165) is 0 Å². The van der Waals surface area contributed by atoms with Crippen molar-refractivity contribution < 1.29 is 9.53 Å². The van der Waals surface area contributed by atoms with Gasteiger partial charge in [0.15, 0.2) is 0 Å². The number of rotatable bonds is 5. The normalized spacial score (nSPS) is 12.4. The Balaban J connectivity index is 2.46. The van der Waals surface area contributed by atoms with Gasteiger partial charge in [-0.15, -0.1) is 11.3 Å². The van der Waals surface area contributed by atoms with Crippen LogP contribution in [-0.2, 0) is 4.74 Å². The van der Waals surface area contributed by atoms with E-state index in [2.05, 4.69) is 5.32 Å². The molecule has 0 spiro atoms. The molecule has 0 bridgehead atoms. The van der Waals surface area contributed by atoms with Crippen LogP contribution < -0.4 is 11.1 Å². The third-order valence-corrected chi connectivity index (χ3v) is 2.78. The average Bonchev–Trinajstić information content (AvgIpc) is 2.61. The molecule has 0 fully saturated rings. The molecule has 84 valence electrons. The van der Waals surface area contributed by atoms with E-state index in [1.54, 1.807) is 11.4 Å². The Morgan fingerprint density at radius 3 is 3.00 bits per heavy atom. The second kappa shape index (κ2) is 5.72. The van der Waals surface area contributed by atoms with Gasteiger partial charge in [0.1, 0.15) is 4.88 Å². The topological polar surface area (TPSA) is 64.3 Å². The molecule has 3 N–H and O–H groups in total. The summed E-state index contributed by atoms with van der Waals surface area (Å²) in [6.45, 7) is 5.00. The van der Waals surface area contributed by atoms with Gasteiger partial charge in [-0.2, -0.15) is 0 Å². The van der Waals surface area contributed by atoms with Gasteiger partial charge in [-0.1, -0.05) is 0 Å². The van der Waals surface area contributed by atoms with E-state index < -0.39 is 0 Å². The lowest BCUT2D eigenvalue weighted by atomic mass is 10.3. The molecule has 1 amide bonds. The number of amides is 1. The van der Waals surface area contributed by atoms with Crippen molar-refractivity contribution in [3.05, 3.63) is 16.3 Å². The molecule has 0 aliphatic heterocycles. The third-order valence-electron chi connectivity index (χ3n) is 1.85. The molecule has 15 heavy (non-hydrogen) atoms. The maximum Gasteiger partial charge on any atom is 0.263 e. The molecule has 1 rings (SSSR count). The summed E-state index contributed by atoms with van der Waals surface area (Å²) in [6.07, 6.45) is 0. The van der Waals surface area contributed by atoms with Crippen LogP contribution in [0.1, 0.15) is 23.5 Å². The highest BCUT2D eigenvalue weighted by atomic mass is 32.1. The molecule has 0 aliphatic rings. The van der Waals surface area contributed by atoms with Gasteiger partial charge < -0.3 is 15.8 Å². The van der Waals surface area contributed by atoms with Crippen molar-refractivity contribution in [2.75, 3.05) is 18.9 Å². The molecule has 5 heteroatoms. The average molecular weight is 228 g/mol. The summed E-state index contributed by atoms with van der Waals surface area (Å²) >= 11 is 1.35. The summed E-state index contributed by atoms with van der Waals surface area (Å²) in [7, 11) is 0. The number of anilines is 1. The van der Waals surface area contributed by atoms with E-state index in [4.69, 9.17) is 10.5 Å². The maximum absolute atomic E-state index is 11.7. The van der Waals surface area contributed by atoms with Gasteiger partial charge in [-0.05, 0) is 25.3 Å². The minimum absolute atomic E-state index is 0.000972. The van der Waals surface area contributed by atoms with Crippen LogP contribution in [0.2, 0.25) is 0 Å². The number of thiophene rings is 1. The van der Waals surface area contributed by atoms with Gasteiger partial charge in [-0.25, -0.2) is 0 Å². The predicted octanol–water partition coefficient (Wildman–Crippen LogP) is 1.49. The van der Waals surface area contributed by atoms with Crippen molar-refractivity contribution in [1.29, 1.82) is 0 Å². The van der Waals surface area contributed by atoms with Crippen molar-refractivity contribution in [3.8, 4) is 0 Å². The Bertz CT molecular complexity index is 325. The van der Waals surface area contributed by atoms with E-state index in [1.807, 2.05) is 13.8 Å². The fourth-order valence-corrected chi connectivity index (χ4v) is 1.85. The van der Waals surface area contributed by atoms with Crippen LogP contribution in [0, 0.1) is 0 Å². The summed E-state index contributed by atoms with van der Waals surface area (Å²) in [4.78, 5) is 12.2. The minimum Gasteiger partial charge on any atom is -0.397 e. The summed E-state index contributed by atoms with van der Waals surface area (Å²) in [5, 5.41) is 4.63. The first-order valence-electron chi connectivity index (χ1n) is 4.86. The smallest absolute Gasteiger partial charge is 0.263 e. The number of nitrogen functional groups attached to an aromatic ring is 1. The number of hydrogen-bond acceptors (Lipinski definition) is 4. The zero-order valence-electron chi connectivity index (χ0n) is 8.95. The Hall–Kier alpha value is -1.07. The molecule has 4 nitrogen and oxygen atoms in total. The van der Waals surface area contributed by atoms with Gasteiger partial charge in [0, 0.05) is 12.6 Å². The SMILES string of the molecule is CCOCC(C)NC(=O)c1sccc1N. The standard InChI is InChI=1S/C10H16N2O2S/c1-3-14-6-7(2)12-10(13)9-8(11)4-5-15-9/h4-5,7H,3,6,11H2,1-2H3,(H,12,13). The van der Waals surface area contributed by atoms with Gasteiger partial charge in [0.05, 0.1) is 12.3 Å². The lowest BCUT2D eigenvalue weighted by Crippen LogP contribution is -2.35. The summed E-state index contributed by atoms with van der Waals surface area (Å²) < 4.78 is 5.20. The number of nitrogens with two attached hydrogens (primary N) is 1. The number of carbonyl (C=O) groups excluding carboxylic acids is 1. The molecule has 0 saturated heterocycles. The van der Waals surface area contributed by atoms with Gasteiger partial charge in [0.25, 0.3) is 5.91 Å². The van der Waals surface area contributed by atoms with E-state index in [0.29, 0.717) is 23.8 Å². The molecule has 1 heterocycles. The molecule has 0 radical (unpaired) electrons. The number of nitrogens with one attached hydrogen (secondary N) is 1. The first kappa shape index (κ1) is 12.0. The highest BCUT2D eigenvalue weighted by molar-refractivity contribution is 7.12. The number of hydrogen-bond donors (Lipinski definition) is 2. The largest absolute Gasteiger partial charge is 0.397 e. The lowest BCUT2D eigenvalue weighted by Gasteiger charge is -2.12. The van der Waals surface area contributed by atoms with Crippen LogP contribution in [0.25, 0.3) is 0 Å². The monoisotopic (exact) mass is 228 g/mol. The fourth-order valence-electron chi connectivity index (χ4n) is 1.13.